The third kappa shape index (κ3) is 2.70. The molecule has 2 atom stereocenters. The van der Waals surface area contributed by atoms with Crippen LogP contribution in [0, 0.1) is 5.92 Å². The fourth-order valence-electron chi connectivity index (χ4n) is 3.79. The summed E-state index contributed by atoms with van der Waals surface area (Å²) in [5, 5.41) is 13.1. The minimum absolute atomic E-state index is 0.334. The maximum Gasteiger partial charge on any atom is 0.122 e. The molecule has 0 heterocycles. The zero-order valence-corrected chi connectivity index (χ0v) is 12.2. The molecule has 0 saturated heterocycles. The first-order valence-corrected chi connectivity index (χ1v) is 7.81. The molecular formula is C17H25NO2. The number of rotatable bonds is 5. The molecule has 3 nitrogen and oxygen atoms in total. The van der Waals surface area contributed by atoms with Gasteiger partial charge in [0, 0.05) is 18.7 Å². The number of ether oxygens (including phenoxy) is 1. The minimum Gasteiger partial charge on any atom is -0.496 e. The molecule has 20 heavy (non-hydrogen) atoms. The lowest BCUT2D eigenvalue weighted by Gasteiger charge is -2.39. The molecule has 110 valence electrons. The lowest BCUT2D eigenvalue weighted by Crippen LogP contribution is -2.47. The number of hydrogen-bond acceptors (Lipinski definition) is 3. The lowest BCUT2D eigenvalue weighted by molar-refractivity contribution is 0.179. The predicted molar refractivity (Wildman–Crippen MR) is 80.1 cm³/mol. The van der Waals surface area contributed by atoms with Crippen molar-refractivity contribution in [3.05, 3.63) is 29.8 Å². The van der Waals surface area contributed by atoms with Gasteiger partial charge >= 0.3 is 0 Å². The Bertz CT molecular complexity index is 442. The Morgan fingerprint density at radius 3 is 2.80 bits per heavy atom. The number of nitrogens with one attached hydrogen (secondary N) is 1. The van der Waals surface area contributed by atoms with Gasteiger partial charge in [-0.1, -0.05) is 24.6 Å². The van der Waals surface area contributed by atoms with Gasteiger partial charge in [0.15, 0.2) is 0 Å². The SMILES string of the molecule is COc1ccccc1C1CC(NC2CCCC2CO)C1. The molecule has 3 rings (SSSR count). The first-order chi connectivity index (χ1) is 9.81. The van der Waals surface area contributed by atoms with E-state index in [4.69, 9.17) is 4.74 Å². The van der Waals surface area contributed by atoms with Crippen LogP contribution in [0.2, 0.25) is 0 Å². The predicted octanol–water partition coefficient (Wildman–Crippen LogP) is 2.69. The smallest absolute Gasteiger partial charge is 0.122 e. The van der Waals surface area contributed by atoms with Gasteiger partial charge in [-0.15, -0.1) is 0 Å². The van der Waals surface area contributed by atoms with Crippen LogP contribution in [0.15, 0.2) is 24.3 Å². The second kappa shape index (κ2) is 6.15. The third-order valence-electron chi connectivity index (χ3n) is 5.06. The van der Waals surface area contributed by atoms with E-state index in [9.17, 15) is 5.11 Å². The number of para-hydroxylation sites is 1. The van der Waals surface area contributed by atoms with Gasteiger partial charge in [-0.05, 0) is 49.1 Å². The molecule has 1 aromatic rings. The van der Waals surface area contributed by atoms with Gasteiger partial charge in [0.2, 0.25) is 0 Å². The normalized spacial score (nSPS) is 32.9. The highest BCUT2D eigenvalue weighted by Crippen LogP contribution is 2.41. The van der Waals surface area contributed by atoms with Crippen LogP contribution in [-0.4, -0.2) is 30.9 Å². The van der Waals surface area contributed by atoms with E-state index in [1.807, 2.05) is 6.07 Å². The first kappa shape index (κ1) is 13.9. The third-order valence-corrected chi connectivity index (χ3v) is 5.06. The fraction of sp³-hybridized carbons (Fsp3) is 0.647. The van der Waals surface area contributed by atoms with Crippen LogP contribution in [-0.2, 0) is 0 Å². The van der Waals surface area contributed by atoms with Crippen molar-refractivity contribution in [3.63, 3.8) is 0 Å². The fourth-order valence-corrected chi connectivity index (χ4v) is 3.79. The van der Waals surface area contributed by atoms with Crippen molar-refractivity contribution >= 4 is 0 Å². The van der Waals surface area contributed by atoms with Crippen molar-refractivity contribution in [3.8, 4) is 5.75 Å². The van der Waals surface area contributed by atoms with Gasteiger partial charge in [-0.3, -0.25) is 0 Å². The molecular weight excluding hydrogens is 250 g/mol. The average molecular weight is 275 g/mol. The van der Waals surface area contributed by atoms with Crippen LogP contribution < -0.4 is 10.1 Å². The number of aliphatic hydroxyl groups is 1. The Kier molecular flexibility index (Phi) is 4.27. The minimum atomic E-state index is 0.334. The summed E-state index contributed by atoms with van der Waals surface area (Å²) in [5.74, 6) is 2.11. The Morgan fingerprint density at radius 2 is 2.05 bits per heavy atom. The van der Waals surface area contributed by atoms with Gasteiger partial charge in [0.1, 0.15) is 5.75 Å². The lowest BCUT2D eigenvalue weighted by atomic mass is 9.75. The van der Waals surface area contributed by atoms with Crippen LogP contribution in [0.1, 0.15) is 43.6 Å². The number of benzene rings is 1. The molecule has 2 fully saturated rings. The number of methoxy groups -OCH3 is 1. The molecule has 0 amide bonds. The highest BCUT2D eigenvalue weighted by atomic mass is 16.5. The summed E-state index contributed by atoms with van der Waals surface area (Å²) >= 11 is 0. The molecule has 0 aromatic heterocycles. The summed E-state index contributed by atoms with van der Waals surface area (Å²) in [6.07, 6.45) is 6.04. The van der Waals surface area contributed by atoms with Crippen LogP contribution in [0.4, 0.5) is 0 Å². The molecule has 0 radical (unpaired) electrons. The van der Waals surface area contributed by atoms with E-state index in [1.54, 1.807) is 7.11 Å². The zero-order chi connectivity index (χ0) is 13.9. The van der Waals surface area contributed by atoms with Crippen molar-refractivity contribution in [2.75, 3.05) is 13.7 Å². The molecule has 2 saturated carbocycles. The molecule has 2 aliphatic carbocycles. The molecule has 3 heteroatoms. The molecule has 1 aromatic carbocycles. The van der Waals surface area contributed by atoms with E-state index in [1.165, 1.54) is 37.7 Å². The number of hydrogen-bond donors (Lipinski definition) is 2. The van der Waals surface area contributed by atoms with Crippen LogP contribution in [0.3, 0.4) is 0 Å². The van der Waals surface area contributed by atoms with Gasteiger partial charge < -0.3 is 15.2 Å². The average Bonchev–Trinajstić information content (AvgIpc) is 2.89. The molecule has 0 bridgehead atoms. The molecule has 2 unspecified atom stereocenters. The Balaban J connectivity index is 1.53. The maximum atomic E-state index is 9.38. The highest BCUT2D eigenvalue weighted by molar-refractivity contribution is 5.37. The van der Waals surface area contributed by atoms with Gasteiger partial charge in [-0.25, -0.2) is 0 Å². The van der Waals surface area contributed by atoms with E-state index in [-0.39, 0.29) is 0 Å². The van der Waals surface area contributed by atoms with Gasteiger partial charge in [-0.2, -0.15) is 0 Å². The van der Waals surface area contributed by atoms with Gasteiger partial charge in [0.25, 0.3) is 0 Å². The Morgan fingerprint density at radius 1 is 1.25 bits per heavy atom. The summed E-state index contributed by atoms with van der Waals surface area (Å²) in [5.41, 5.74) is 1.35. The van der Waals surface area contributed by atoms with Crippen molar-refractivity contribution < 1.29 is 9.84 Å². The van der Waals surface area contributed by atoms with Crippen LogP contribution >= 0.6 is 0 Å². The van der Waals surface area contributed by atoms with Crippen molar-refractivity contribution in [2.45, 2.75) is 50.1 Å². The van der Waals surface area contributed by atoms with Crippen molar-refractivity contribution in [1.29, 1.82) is 0 Å². The highest BCUT2D eigenvalue weighted by Gasteiger charge is 2.36. The second-order valence-electron chi connectivity index (χ2n) is 6.25. The van der Waals surface area contributed by atoms with Crippen LogP contribution in [0.5, 0.6) is 5.75 Å². The van der Waals surface area contributed by atoms with E-state index in [2.05, 4.69) is 23.5 Å². The summed E-state index contributed by atoms with van der Waals surface area (Å²) < 4.78 is 5.45. The van der Waals surface area contributed by atoms with E-state index < -0.39 is 0 Å². The van der Waals surface area contributed by atoms with Crippen LogP contribution in [0.25, 0.3) is 0 Å². The largest absolute Gasteiger partial charge is 0.496 e. The first-order valence-electron chi connectivity index (χ1n) is 7.81. The number of aliphatic hydroxyl groups excluding tert-OH is 1. The summed E-state index contributed by atoms with van der Waals surface area (Å²) in [6.45, 7) is 0.334. The van der Waals surface area contributed by atoms with E-state index in [0.29, 0.717) is 30.5 Å². The standard InChI is InChI=1S/C17H25NO2/c1-20-17-8-3-2-6-15(17)13-9-14(10-13)18-16-7-4-5-12(16)11-19/h2-3,6,8,12-14,16,18-19H,4-5,7,9-11H2,1H3. The Hall–Kier alpha value is -1.06. The van der Waals surface area contributed by atoms with E-state index >= 15 is 0 Å². The van der Waals surface area contributed by atoms with Crippen molar-refractivity contribution in [2.24, 2.45) is 5.92 Å². The molecule has 2 N–H and O–H groups in total. The summed E-state index contributed by atoms with van der Waals surface area (Å²) in [4.78, 5) is 0. The Labute approximate surface area is 121 Å². The van der Waals surface area contributed by atoms with E-state index in [0.717, 1.165) is 5.75 Å². The maximum absolute atomic E-state index is 9.38. The zero-order valence-electron chi connectivity index (χ0n) is 12.2. The monoisotopic (exact) mass is 275 g/mol. The van der Waals surface area contributed by atoms with Crippen molar-refractivity contribution in [1.82, 2.24) is 5.32 Å². The summed E-state index contributed by atoms with van der Waals surface area (Å²) in [7, 11) is 1.75. The summed E-state index contributed by atoms with van der Waals surface area (Å²) in [6, 6.07) is 9.50. The molecule has 2 aliphatic rings. The second-order valence-corrected chi connectivity index (χ2v) is 6.25. The quantitative estimate of drug-likeness (QED) is 0.868. The topological polar surface area (TPSA) is 41.5 Å². The van der Waals surface area contributed by atoms with Gasteiger partial charge in [0.05, 0.1) is 7.11 Å². The molecule has 0 aliphatic heterocycles. The molecule has 0 spiro atoms.